The number of hydroxylamine groups is 3. The van der Waals surface area contributed by atoms with Crippen molar-refractivity contribution in [3.8, 4) is 0 Å². The first-order chi connectivity index (χ1) is 5.17. The lowest BCUT2D eigenvalue weighted by Gasteiger charge is -2.39. The lowest BCUT2D eigenvalue weighted by atomic mass is 9.90. The summed E-state index contributed by atoms with van der Waals surface area (Å²) in [6.07, 6.45) is 2.39. The van der Waals surface area contributed by atoms with E-state index in [0.29, 0.717) is 24.0 Å². The molecule has 11 heavy (non-hydrogen) atoms. The van der Waals surface area contributed by atoms with E-state index in [9.17, 15) is 5.21 Å². The van der Waals surface area contributed by atoms with Gasteiger partial charge in [0.1, 0.15) is 6.04 Å². The lowest BCUT2D eigenvalue weighted by molar-refractivity contribution is -0.873. The predicted octanol–water partition coefficient (Wildman–Crippen LogP) is 0.0634. The van der Waals surface area contributed by atoms with Crippen molar-refractivity contribution in [3.05, 3.63) is 5.21 Å². The molecule has 3 heteroatoms. The second-order valence-corrected chi connectivity index (χ2v) is 4.54. The molecule has 5 atom stereocenters. The summed E-state index contributed by atoms with van der Waals surface area (Å²) in [5.74, 6) is 0.696. The molecule has 0 aromatic carbocycles. The Kier molecular flexibility index (Phi) is 0.947. The van der Waals surface area contributed by atoms with Crippen LogP contribution in [0, 0.1) is 11.1 Å². The van der Waals surface area contributed by atoms with Gasteiger partial charge in [-0.1, -0.05) is 0 Å². The third kappa shape index (κ3) is 0.643. The van der Waals surface area contributed by atoms with E-state index < -0.39 is 0 Å². The Hall–Kier alpha value is -0.120. The summed E-state index contributed by atoms with van der Waals surface area (Å²) in [5, 5.41) is 15.4. The molecule has 62 valence electrons. The van der Waals surface area contributed by atoms with Crippen LogP contribution in [0.5, 0.6) is 0 Å². The quantitative estimate of drug-likeness (QED) is 0.395. The van der Waals surface area contributed by atoms with Gasteiger partial charge in [-0.05, 0) is 6.42 Å². The zero-order valence-corrected chi connectivity index (χ0v) is 6.79. The van der Waals surface area contributed by atoms with Gasteiger partial charge in [-0.3, -0.25) is 0 Å². The standard InChI is InChI=1S/C8H14N2O/c1-10(11)4-5-2-6-3-7(10)8(5)9-6/h5-9H,2-4H2,1H3. The summed E-state index contributed by atoms with van der Waals surface area (Å²) in [7, 11) is 1.84. The van der Waals surface area contributed by atoms with Gasteiger partial charge in [-0.2, -0.15) is 0 Å². The van der Waals surface area contributed by atoms with Crippen LogP contribution in [0.2, 0.25) is 0 Å². The highest BCUT2D eigenvalue weighted by atomic mass is 16.5. The molecule has 3 fully saturated rings. The van der Waals surface area contributed by atoms with E-state index in [1.165, 1.54) is 6.42 Å². The molecule has 3 nitrogen and oxygen atoms in total. The molecule has 5 unspecified atom stereocenters. The van der Waals surface area contributed by atoms with Crippen molar-refractivity contribution in [2.24, 2.45) is 5.92 Å². The maximum absolute atomic E-state index is 11.9. The first-order valence-electron chi connectivity index (χ1n) is 4.49. The molecule has 0 radical (unpaired) electrons. The fraction of sp³-hybridized carbons (Fsp3) is 1.00. The van der Waals surface area contributed by atoms with Crippen LogP contribution in [0.4, 0.5) is 0 Å². The van der Waals surface area contributed by atoms with E-state index in [2.05, 4.69) is 5.32 Å². The highest BCUT2D eigenvalue weighted by molar-refractivity contribution is 5.07. The zero-order valence-electron chi connectivity index (χ0n) is 6.79. The largest absolute Gasteiger partial charge is 0.633 e. The minimum absolute atomic E-state index is 0.0266. The average molecular weight is 154 g/mol. The monoisotopic (exact) mass is 154 g/mol. The summed E-state index contributed by atoms with van der Waals surface area (Å²) >= 11 is 0. The van der Waals surface area contributed by atoms with Gasteiger partial charge in [0, 0.05) is 18.4 Å². The smallest absolute Gasteiger partial charge is 0.106 e. The third-order valence-corrected chi connectivity index (χ3v) is 3.76. The van der Waals surface area contributed by atoms with Crippen molar-refractivity contribution in [2.75, 3.05) is 13.6 Å². The third-order valence-electron chi connectivity index (χ3n) is 3.76. The van der Waals surface area contributed by atoms with Crippen LogP contribution < -0.4 is 5.32 Å². The molecule has 3 heterocycles. The van der Waals surface area contributed by atoms with Crippen molar-refractivity contribution in [1.29, 1.82) is 0 Å². The van der Waals surface area contributed by atoms with Crippen LogP contribution in [0.15, 0.2) is 0 Å². The molecule has 0 amide bonds. The zero-order chi connectivity index (χ0) is 7.64. The van der Waals surface area contributed by atoms with E-state index in [4.69, 9.17) is 0 Å². The summed E-state index contributed by atoms with van der Waals surface area (Å²) in [6.45, 7) is 0.860. The summed E-state index contributed by atoms with van der Waals surface area (Å²) < 4.78 is 0.0266. The molecular formula is C8H14N2O. The van der Waals surface area contributed by atoms with Crippen molar-refractivity contribution in [3.63, 3.8) is 0 Å². The van der Waals surface area contributed by atoms with Crippen molar-refractivity contribution in [1.82, 2.24) is 5.32 Å². The molecule has 0 saturated carbocycles. The molecule has 0 aromatic heterocycles. The van der Waals surface area contributed by atoms with Crippen molar-refractivity contribution in [2.45, 2.75) is 31.0 Å². The van der Waals surface area contributed by atoms with Crippen LogP contribution in [0.3, 0.4) is 0 Å². The van der Waals surface area contributed by atoms with E-state index in [-0.39, 0.29) is 4.65 Å². The fourth-order valence-electron chi connectivity index (χ4n) is 3.37. The van der Waals surface area contributed by atoms with E-state index in [0.717, 1.165) is 13.0 Å². The maximum Gasteiger partial charge on any atom is 0.106 e. The average Bonchev–Trinajstić information content (AvgIpc) is 2.44. The molecular weight excluding hydrogens is 140 g/mol. The number of nitrogens with one attached hydrogen (secondary N) is 1. The highest BCUT2D eigenvalue weighted by Crippen LogP contribution is 2.45. The summed E-state index contributed by atoms with van der Waals surface area (Å²) in [6, 6.07) is 1.64. The molecule has 2 bridgehead atoms. The minimum Gasteiger partial charge on any atom is -0.633 e. The van der Waals surface area contributed by atoms with Crippen LogP contribution in [0.25, 0.3) is 0 Å². The van der Waals surface area contributed by atoms with Gasteiger partial charge in [-0.25, -0.2) is 0 Å². The molecule has 0 aromatic rings. The summed E-state index contributed by atoms with van der Waals surface area (Å²) in [4.78, 5) is 0. The molecule has 3 aliphatic heterocycles. The Morgan fingerprint density at radius 3 is 2.82 bits per heavy atom. The molecule has 0 aliphatic carbocycles. The predicted molar refractivity (Wildman–Crippen MR) is 41.6 cm³/mol. The van der Waals surface area contributed by atoms with Gasteiger partial charge in [0.05, 0.1) is 19.6 Å². The Morgan fingerprint density at radius 1 is 1.45 bits per heavy atom. The number of quaternary nitrogens is 1. The van der Waals surface area contributed by atoms with Crippen LogP contribution in [0.1, 0.15) is 12.8 Å². The number of fused-ring (bicyclic) bond motifs is 1. The minimum atomic E-state index is 0.0266. The second-order valence-electron chi connectivity index (χ2n) is 4.54. The Morgan fingerprint density at radius 2 is 2.27 bits per heavy atom. The van der Waals surface area contributed by atoms with Gasteiger partial charge in [-0.15, -0.1) is 0 Å². The van der Waals surface area contributed by atoms with Crippen molar-refractivity contribution < 1.29 is 4.65 Å². The SMILES string of the molecule is C[N+]1([O-])CC2CC3CC1C2N3. The van der Waals surface area contributed by atoms with Crippen LogP contribution in [-0.4, -0.2) is 36.4 Å². The molecule has 0 spiro atoms. The Bertz CT molecular complexity index is 202. The normalized spacial score (nSPS) is 66.0. The Balaban J connectivity index is 2.01. The number of likely N-dealkylation sites (tertiary alicyclic amines) is 1. The number of likely N-dealkylation sites (N-methyl/N-ethyl adjacent to an activating group) is 1. The van der Waals surface area contributed by atoms with Gasteiger partial charge >= 0.3 is 0 Å². The summed E-state index contributed by atoms with van der Waals surface area (Å²) in [5.41, 5.74) is 0. The van der Waals surface area contributed by atoms with Gasteiger partial charge in [0.25, 0.3) is 0 Å². The number of hydrogen-bond donors (Lipinski definition) is 1. The van der Waals surface area contributed by atoms with E-state index in [1.807, 2.05) is 7.05 Å². The Labute approximate surface area is 66.5 Å². The first-order valence-corrected chi connectivity index (χ1v) is 4.49. The number of hydrogen-bond acceptors (Lipinski definition) is 2. The molecule has 1 N–H and O–H groups in total. The van der Waals surface area contributed by atoms with Crippen LogP contribution in [-0.2, 0) is 0 Å². The molecule has 3 aliphatic rings. The maximum atomic E-state index is 11.9. The van der Waals surface area contributed by atoms with Crippen molar-refractivity contribution >= 4 is 0 Å². The first kappa shape index (κ1) is 6.40. The molecule has 3 rings (SSSR count). The lowest BCUT2D eigenvalue weighted by Crippen LogP contribution is -2.44. The van der Waals surface area contributed by atoms with E-state index >= 15 is 0 Å². The topological polar surface area (TPSA) is 35.1 Å². The van der Waals surface area contributed by atoms with Crippen LogP contribution >= 0.6 is 0 Å². The number of nitrogens with zero attached hydrogens (tertiary/aromatic N) is 1. The second kappa shape index (κ2) is 1.63. The highest BCUT2D eigenvalue weighted by Gasteiger charge is 2.58. The van der Waals surface area contributed by atoms with Gasteiger partial charge in [0.2, 0.25) is 0 Å². The number of rotatable bonds is 0. The fourth-order valence-corrected chi connectivity index (χ4v) is 3.37. The molecule has 3 saturated heterocycles. The van der Waals surface area contributed by atoms with Gasteiger partial charge < -0.3 is 15.2 Å². The van der Waals surface area contributed by atoms with E-state index in [1.54, 1.807) is 0 Å². The van der Waals surface area contributed by atoms with Gasteiger partial charge in [0.15, 0.2) is 0 Å².